The first-order chi connectivity index (χ1) is 16.2. The molecule has 2 heterocycles. The Morgan fingerprint density at radius 2 is 1.85 bits per heavy atom. The van der Waals surface area contributed by atoms with Crippen LogP contribution in [-0.2, 0) is 4.57 Å². The van der Waals surface area contributed by atoms with Gasteiger partial charge in [-0.25, -0.2) is 4.98 Å². The van der Waals surface area contributed by atoms with Gasteiger partial charge in [-0.1, -0.05) is 49.4 Å². The van der Waals surface area contributed by atoms with Gasteiger partial charge in [0.2, 0.25) is 5.58 Å². The predicted molar refractivity (Wildman–Crippen MR) is 129 cm³/mol. The number of nitro groups is 1. The van der Waals surface area contributed by atoms with E-state index in [-0.39, 0.29) is 23.9 Å². The smallest absolute Gasteiger partial charge is 0.333 e. The van der Waals surface area contributed by atoms with Crippen molar-refractivity contribution in [1.82, 2.24) is 10.1 Å². The number of hydrogen-bond donors (Lipinski definition) is 5. The number of fused-ring (bicyclic) bond motifs is 1. The first kappa shape index (κ1) is 27.9. The average Bonchev–Trinajstić information content (AvgIpc) is 3.27. The Labute approximate surface area is 197 Å². The zero-order valence-electron chi connectivity index (χ0n) is 19.1. The number of aliphatic hydroxyl groups excluding tert-OH is 1. The largest absolute Gasteiger partial charge is 0.387 e. The number of hydrogen-bond acceptors (Lipinski definition) is 9. The summed E-state index contributed by atoms with van der Waals surface area (Å²) in [6.07, 6.45) is 13.2. The monoisotopic (exact) mass is 499 g/mol. The van der Waals surface area contributed by atoms with Crippen LogP contribution in [0.5, 0.6) is 0 Å². The van der Waals surface area contributed by atoms with E-state index in [1.165, 1.54) is 12.4 Å². The van der Waals surface area contributed by atoms with Gasteiger partial charge in [0, 0.05) is 12.6 Å². The Balaban J connectivity index is 1.50. The van der Waals surface area contributed by atoms with Crippen LogP contribution in [0.1, 0.15) is 57.8 Å². The molecule has 12 nitrogen and oxygen atoms in total. The Morgan fingerprint density at radius 1 is 1.18 bits per heavy atom. The molecule has 6 N–H and O–H groups in total. The molecule has 0 unspecified atom stereocenters. The maximum absolute atomic E-state index is 11.0. The van der Waals surface area contributed by atoms with Gasteiger partial charge in [-0.15, -0.1) is 0 Å². The van der Waals surface area contributed by atoms with Gasteiger partial charge in [0.15, 0.2) is 0 Å². The molecule has 0 aliphatic carbocycles. The maximum atomic E-state index is 11.0. The highest BCUT2D eigenvalue weighted by molar-refractivity contribution is 7.51. The van der Waals surface area contributed by atoms with Crippen LogP contribution in [0.25, 0.3) is 11.0 Å². The Hall–Kier alpha value is -2.37. The number of allylic oxidation sites excluding steroid dienone is 1. The third-order valence-electron chi connectivity index (χ3n) is 5.44. The zero-order valence-corrected chi connectivity index (χ0v) is 20.0. The molecule has 2 aromatic rings. The molecule has 0 aromatic carbocycles. The molecular formula is C21H34N5O7P. The van der Waals surface area contributed by atoms with Crippen molar-refractivity contribution < 1.29 is 28.9 Å². The molecule has 0 saturated heterocycles. The van der Waals surface area contributed by atoms with E-state index in [1.54, 1.807) is 6.08 Å². The van der Waals surface area contributed by atoms with Gasteiger partial charge in [0.05, 0.1) is 28.8 Å². The van der Waals surface area contributed by atoms with E-state index in [0.29, 0.717) is 17.7 Å². The molecule has 2 aromatic heterocycles. The molecule has 0 aliphatic rings. The van der Waals surface area contributed by atoms with Gasteiger partial charge in [0.25, 0.3) is 0 Å². The van der Waals surface area contributed by atoms with Crippen molar-refractivity contribution >= 4 is 30.1 Å². The minimum Gasteiger partial charge on any atom is -0.387 e. The maximum Gasteiger partial charge on any atom is 0.333 e. The summed E-state index contributed by atoms with van der Waals surface area (Å²) in [4.78, 5) is 32.3. The molecular weight excluding hydrogens is 465 g/mol. The first-order valence-corrected chi connectivity index (χ1v) is 13.3. The van der Waals surface area contributed by atoms with Crippen molar-refractivity contribution in [2.75, 3.05) is 18.0 Å². The number of anilines is 1. The quantitative estimate of drug-likeness (QED) is 0.0702. The number of unbranched alkanes of at least 4 members (excludes halogenated alkanes) is 7. The summed E-state index contributed by atoms with van der Waals surface area (Å²) in [5.41, 5.74) is 5.66. The molecule has 2 atom stereocenters. The minimum absolute atomic E-state index is 0.0700. The Kier molecular flexibility index (Phi) is 11.6. The van der Waals surface area contributed by atoms with Crippen LogP contribution in [0.2, 0.25) is 0 Å². The zero-order chi connectivity index (χ0) is 25.0. The van der Waals surface area contributed by atoms with Crippen LogP contribution in [-0.4, -0.2) is 54.8 Å². The molecule has 0 spiro atoms. The van der Waals surface area contributed by atoms with Gasteiger partial charge in [-0.2, -0.15) is 0 Å². The molecule has 0 amide bonds. The van der Waals surface area contributed by atoms with Crippen LogP contribution in [0.4, 0.5) is 11.5 Å². The first-order valence-electron chi connectivity index (χ1n) is 11.5. The van der Waals surface area contributed by atoms with E-state index >= 15 is 0 Å². The molecule has 34 heavy (non-hydrogen) atoms. The molecule has 0 fully saturated rings. The predicted octanol–water partition coefficient (Wildman–Crippen LogP) is 3.48. The van der Waals surface area contributed by atoms with Crippen molar-refractivity contribution in [2.45, 2.75) is 69.9 Å². The second-order valence-electron chi connectivity index (χ2n) is 8.27. The van der Waals surface area contributed by atoms with Gasteiger partial charge in [0.1, 0.15) is 12.0 Å². The summed E-state index contributed by atoms with van der Waals surface area (Å²) in [6, 6.07) is -0.683. The second kappa shape index (κ2) is 14.1. The van der Waals surface area contributed by atoms with Crippen LogP contribution in [0.3, 0.4) is 0 Å². The number of nitrogens with zero attached hydrogens (tertiary/aromatic N) is 3. The van der Waals surface area contributed by atoms with Crippen LogP contribution >= 0.6 is 7.60 Å². The fourth-order valence-corrected chi connectivity index (χ4v) is 4.10. The summed E-state index contributed by atoms with van der Waals surface area (Å²) in [5, 5.41) is 28.2. The van der Waals surface area contributed by atoms with Gasteiger partial charge in [-0.3, -0.25) is 14.7 Å². The molecule has 0 bridgehead atoms. The number of pyridine rings is 1. The van der Waals surface area contributed by atoms with Gasteiger partial charge >= 0.3 is 13.3 Å². The van der Waals surface area contributed by atoms with Gasteiger partial charge < -0.3 is 30.5 Å². The van der Waals surface area contributed by atoms with E-state index in [9.17, 15) is 19.8 Å². The number of nitrogens with one attached hydrogen (secondary N) is 1. The number of rotatable bonds is 17. The lowest BCUT2D eigenvalue weighted by molar-refractivity contribution is -0.384. The summed E-state index contributed by atoms with van der Waals surface area (Å²) in [7, 11) is -4.09. The fourth-order valence-electron chi connectivity index (χ4n) is 3.46. The molecule has 190 valence electrons. The Bertz CT molecular complexity index is 978. The molecule has 0 aliphatic heterocycles. The second-order valence-corrected chi connectivity index (χ2v) is 10.0. The summed E-state index contributed by atoms with van der Waals surface area (Å²) in [5.74, 6) is 0.530. The Morgan fingerprint density at radius 3 is 2.53 bits per heavy atom. The third kappa shape index (κ3) is 9.86. The van der Waals surface area contributed by atoms with E-state index in [4.69, 9.17) is 20.0 Å². The highest BCUT2D eigenvalue weighted by Crippen LogP contribution is 2.35. The van der Waals surface area contributed by atoms with Crippen LogP contribution in [0, 0.1) is 10.1 Å². The van der Waals surface area contributed by atoms with Crippen LogP contribution < -0.4 is 11.1 Å². The van der Waals surface area contributed by atoms with Crippen molar-refractivity contribution in [3.05, 3.63) is 34.7 Å². The van der Waals surface area contributed by atoms with Crippen molar-refractivity contribution in [3.63, 3.8) is 0 Å². The summed E-state index contributed by atoms with van der Waals surface area (Å²) in [6.45, 7) is 0.703. The van der Waals surface area contributed by atoms with Crippen molar-refractivity contribution in [2.24, 2.45) is 5.73 Å². The molecule has 0 saturated carbocycles. The lowest BCUT2D eigenvalue weighted by Crippen LogP contribution is -2.34. The normalized spacial score (nSPS) is 14.0. The van der Waals surface area contributed by atoms with E-state index in [1.807, 2.05) is 6.08 Å². The molecule has 2 rings (SSSR count). The molecule has 0 radical (unpaired) electrons. The van der Waals surface area contributed by atoms with E-state index in [0.717, 1.165) is 51.4 Å². The topological polar surface area (TPSA) is 198 Å². The minimum atomic E-state index is -4.09. The van der Waals surface area contributed by atoms with Gasteiger partial charge in [-0.05, 0) is 25.7 Å². The highest BCUT2D eigenvalue weighted by atomic mass is 31.2. The lowest BCUT2D eigenvalue weighted by Gasteiger charge is -2.15. The van der Waals surface area contributed by atoms with E-state index < -0.39 is 24.7 Å². The standard InChI is InChI=1S/C21H34N5O7P/c22-17(11-13-34(30,31)32)19(27)10-8-6-4-2-1-3-5-7-9-12-23-21-16-14-25-33-20(16)18(15-24-21)26(28)29/h8,10,14-15,17,19,27H,1-7,9,11-13,22H2,(H,23,24)(H2,30,31,32)/b10-8+/t17-,19-/m1/s1. The van der Waals surface area contributed by atoms with E-state index in [2.05, 4.69) is 15.5 Å². The lowest BCUT2D eigenvalue weighted by atomic mass is 10.1. The molecule has 13 heteroatoms. The number of aliphatic hydroxyl groups is 1. The van der Waals surface area contributed by atoms with Crippen molar-refractivity contribution in [3.8, 4) is 0 Å². The summed E-state index contributed by atoms with van der Waals surface area (Å²) < 4.78 is 15.8. The summed E-state index contributed by atoms with van der Waals surface area (Å²) >= 11 is 0. The van der Waals surface area contributed by atoms with Crippen LogP contribution in [0.15, 0.2) is 29.1 Å². The number of aromatic nitrogens is 2. The number of nitrogens with two attached hydrogens (primary N) is 1. The third-order valence-corrected chi connectivity index (χ3v) is 6.28. The highest BCUT2D eigenvalue weighted by Gasteiger charge is 2.20. The van der Waals surface area contributed by atoms with Crippen molar-refractivity contribution in [1.29, 1.82) is 0 Å². The average molecular weight is 500 g/mol. The fraction of sp³-hybridized carbons (Fsp3) is 0.619. The SMILES string of the molecule is N[C@H](CCP(=O)(O)O)[C@H](O)/C=C/CCCCCCCCCNc1ncc([N+](=O)[O-])c2oncc12.